The lowest BCUT2D eigenvalue weighted by Crippen LogP contribution is -2.25. The summed E-state index contributed by atoms with van der Waals surface area (Å²) in [6.07, 6.45) is 11.4. The third-order valence-corrected chi connectivity index (χ3v) is 3.60. The Labute approximate surface area is 112 Å². The highest BCUT2D eigenvalue weighted by molar-refractivity contribution is 4.96. The molecule has 0 radical (unpaired) electrons. The molecule has 1 rings (SSSR count). The molecule has 0 aliphatic rings. The molecular weight excluding hydrogens is 222 g/mol. The van der Waals surface area contributed by atoms with Crippen LogP contribution in [0.1, 0.15) is 71.2 Å². The van der Waals surface area contributed by atoms with Crippen molar-refractivity contribution in [2.45, 2.75) is 65.3 Å². The number of rotatable bonds is 10. The maximum atomic E-state index is 4.42. The number of nitrogens with zero attached hydrogens (tertiary/aromatic N) is 1. The van der Waals surface area contributed by atoms with Crippen LogP contribution in [0.5, 0.6) is 0 Å². The van der Waals surface area contributed by atoms with Gasteiger partial charge in [0.1, 0.15) is 5.82 Å². The molecule has 0 bridgehead atoms. The normalized spacial score (nSPS) is 14.6. The van der Waals surface area contributed by atoms with Gasteiger partial charge in [-0.05, 0) is 25.3 Å². The minimum Gasteiger partial charge on any atom is -0.347 e. The van der Waals surface area contributed by atoms with Crippen LogP contribution in [0.15, 0.2) is 12.4 Å². The number of H-pyrrole nitrogens is 1. The molecule has 0 amide bonds. The van der Waals surface area contributed by atoms with Crippen molar-refractivity contribution in [1.82, 2.24) is 15.3 Å². The fraction of sp³-hybridized carbons (Fsp3) is 0.800. The van der Waals surface area contributed by atoms with Gasteiger partial charge in [0.2, 0.25) is 0 Å². The molecule has 1 heterocycles. The fourth-order valence-electron chi connectivity index (χ4n) is 2.39. The molecule has 0 spiro atoms. The Morgan fingerprint density at radius 2 is 2.11 bits per heavy atom. The molecule has 18 heavy (non-hydrogen) atoms. The van der Waals surface area contributed by atoms with Crippen molar-refractivity contribution < 1.29 is 0 Å². The monoisotopic (exact) mass is 251 g/mol. The number of aromatic amines is 1. The molecule has 0 aliphatic carbocycles. The molecule has 1 aromatic heterocycles. The maximum absolute atomic E-state index is 4.42. The third kappa shape index (κ3) is 5.21. The summed E-state index contributed by atoms with van der Waals surface area (Å²) in [5, 5.41) is 3.62. The first-order chi connectivity index (χ1) is 8.81. The summed E-state index contributed by atoms with van der Waals surface area (Å²) in [5.41, 5.74) is 0. The lowest BCUT2D eigenvalue weighted by molar-refractivity contribution is 0.346. The van der Waals surface area contributed by atoms with Crippen molar-refractivity contribution >= 4 is 0 Å². The second kappa shape index (κ2) is 9.15. The average Bonchev–Trinajstić information content (AvgIpc) is 2.92. The van der Waals surface area contributed by atoms with Crippen LogP contribution in [-0.4, -0.2) is 16.5 Å². The smallest absolute Gasteiger partial charge is 0.123 e. The Balaban J connectivity index is 2.53. The zero-order valence-corrected chi connectivity index (χ0v) is 12.2. The molecule has 2 N–H and O–H groups in total. The van der Waals surface area contributed by atoms with Gasteiger partial charge in [-0.15, -0.1) is 0 Å². The number of hydrogen-bond acceptors (Lipinski definition) is 2. The molecule has 2 atom stereocenters. The quantitative estimate of drug-likeness (QED) is 0.658. The second-order valence-electron chi connectivity index (χ2n) is 5.13. The van der Waals surface area contributed by atoms with E-state index < -0.39 is 0 Å². The van der Waals surface area contributed by atoms with Gasteiger partial charge in [0, 0.05) is 12.4 Å². The SMILES string of the molecule is CCCCC(CC)CC(NCCC)c1ncc[nH]1. The van der Waals surface area contributed by atoms with Gasteiger partial charge < -0.3 is 10.3 Å². The van der Waals surface area contributed by atoms with Crippen molar-refractivity contribution in [1.29, 1.82) is 0 Å². The summed E-state index contributed by atoms with van der Waals surface area (Å²) in [5.74, 6) is 1.91. The van der Waals surface area contributed by atoms with Crippen molar-refractivity contribution in [3.63, 3.8) is 0 Å². The van der Waals surface area contributed by atoms with Crippen molar-refractivity contribution in [2.75, 3.05) is 6.54 Å². The zero-order valence-electron chi connectivity index (χ0n) is 12.2. The van der Waals surface area contributed by atoms with Crippen LogP contribution in [-0.2, 0) is 0 Å². The highest BCUT2D eigenvalue weighted by Crippen LogP contribution is 2.25. The topological polar surface area (TPSA) is 40.7 Å². The van der Waals surface area contributed by atoms with Gasteiger partial charge in [0.25, 0.3) is 0 Å². The summed E-state index contributed by atoms with van der Waals surface area (Å²) >= 11 is 0. The molecule has 104 valence electrons. The number of imidazole rings is 1. The first-order valence-electron chi connectivity index (χ1n) is 7.54. The number of unbranched alkanes of at least 4 members (excludes halogenated alkanes) is 1. The lowest BCUT2D eigenvalue weighted by atomic mass is 9.91. The summed E-state index contributed by atoms with van der Waals surface area (Å²) in [7, 11) is 0. The van der Waals surface area contributed by atoms with Gasteiger partial charge in [-0.1, -0.05) is 46.5 Å². The van der Waals surface area contributed by atoms with Gasteiger partial charge in [-0.3, -0.25) is 0 Å². The molecule has 0 saturated carbocycles. The first-order valence-corrected chi connectivity index (χ1v) is 7.54. The zero-order chi connectivity index (χ0) is 13.2. The Morgan fingerprint density at radius 1 is 1.28 bits per heavy atom. The van der Waals surface area contributed by atoms with Gasteiger partial charge in [-0.2, -0.15) is 0 Å². The standard InChI is InChI=1S/C15H29N3/c1-4-7-8-13(6-3)12-14(16-9-5-2)15-17-10-11-18-15/h10-11,13-14,16H,4-9,12H2,1-3H3,(H,17,18). The van der Waals surface area contributed by atoms with Crippen molar-refractivity contribution in [2.24, 2.45) is 5.92 Å². The van der Waals surface area contributed by atoms with Gasteiger partial charge >= 0.3 is 0 Å². The lowest BCUT2D eigenvalue weighted by Gasteiger charge is -2.22. The van der Waals surface area contributed by atoms with E-state index >= 15 is 0 Å². The van der Waals surface area contributed by atoms with E-state index in [2.05, 4.69) is 36.1 Å². The van der Waals surface area contributed by atoms with Crippen LogP contribution in [0.4, 0.5) is 0 Å². The van der Waals surface area contributed by atoms with E-state index in [-0.39, 0.29) is 0 Å². The van der Waals surface area contributed by atoms with E-state index in [0.717, 1.165) is 18.3 Å². The molecule has 0 fully saturated rings. The highest BCUT2D eigenvalue weighted by atomic mass is 15.0. The maximum Gasteiger partial charge on any atom is 0.123 e. The van der Waals surface area contributed by atoms with Crippen molar-refractivity contribution in [3.8, 4) is 0 Å². The molecule has 0 aliphatic heterocycles. The van der Waals surface area contributed by atoms with E-state index in [1.54, 1.807) is 0 Å². The summed E-state index contributed by atoms with van der Waals surface area (Å²) in [4.78, 5) is 7.68. The van der Waals surface area contributed by atoms with Crippen LogP contribution >= 0.6 is 0 Å². The van der Waals surface area contributed by atoms with E-state index in [9.17, 15) is 0 Å². The predicted molar refractivity (Wildman–Crippen MR) is 77.5 cm³/mol. The van der Waals surface area contributed by atoms with E-state index in [0.29, 0.717) is 6.04 Å². The Hall–Kier alpha value is -0.830. The molecule has 3 nitrogen and oxygen atoms in total. The van der Waals surface area contributed by atoms with Crippen LogP contribution in [0.3, 0.4) is 0 Å². The van der Waals surface area contributed by atoms with Gasteiger partial charge in [0.05, 0.1) is 6.04 Å². The Morgan fingerprint density at radius 3 is 2.67 bits per heavy atom. The number of nitrogens with one attached hydrogen (secondary N) is 2. The van der Waals surface area contributed by atoms with Crippen LogP contribution in [0.2, 0.25) is 0 Å². The predicted octanol–water partition coefficient (Wildman–Crippen LogP) is 4.06. The summed E-state index contributed by atoms with van der Waals surface area (Å²) in [6.45, 7) is 7.85. The van der Waals surface area contributed by atoms with Crippen molar-refractivity contribution in [3.05, 3.63) is 18.2 Å². The minimum absolute atomic E-state index is 0.391. The summed E-state index contributed by atoms with van der Waals surface area (Å²) < 4.78 is 0. The fourth-order valence-corrected chi connectivity index (χ4v) is 2.39. The molecule has 2 unspecified atom stereocenters. The van der Waals surface area contributed by atoms with E-state index in [1.165, 1.54) is 38.5 Å². The van der Waals surface area contributed by atoms with E-state index in [1.807, 2.05) is 12.4 Å². The van der Waals surface area contributed by atoms with Crippen LogP contribution in [0.25, 0.3) is 0 Å². The summed E-state index contributed by atoms with van der Waals surface area (Å²) in [6, 6.07) is 0.391. The van der Waals surface area contributed by atoms with Crippen LogP contribution in [0, 0.1) is 5.92 Å². The molecular formula is C15H29N3. The second-order valence-corrected chi connectivity index (χ2v) is 5.13. The Kier molecular flexibility index (Phi) is 7.74. The Bertz CT molecular complexity index is 282. The van der Waals surface area contributed by atoms with E-state index in [4.69, 9.17) is 0 Å². The molecule has 0 saturated heterocycles. The molecule has 1 aromatic rings. The average molecular weight is 251 g/mol. The van der Waals surface area contributed by atoms with Crippen LogP contribution < -0.4 is 5.32 Å². The van der Waals surface area contributed by atoms with Gasteiger partial charge in [-0.25, -0.2) is 4.98 Å². The minimum atomic E-state index is 0.391. The number of hydrogen-bond donors (Lipinski definition) is 2. The first kappa shape index (κ1) is 15.2. The number of aromatic nitrogens is 2. The van der Waals surface area contributed by atoms with Gasteiger partial charge in [0.15, 0.2) is 0 Å². The molecule has 0 aromatic carbocycles. The third-order valence-electron chi connectivity index (χ3n) is 3.60. The molecule has 3 heteroatoms. The highest BCUT2D eigenvalue weighted by Gasteiger charge is 2.18. The largest absolute Gasteiger partial charge is 0.347 e.